The number of hydrogen-bond acceptors (Lipinski definition) is 4. The van der Waals surface area contributed by atoms with Crippen LogP contribution in [0.1, 0.15) is 46.8 Å². The molecule has 1 N–H and O–H groups in total. The molecule has 1 aliphatic rings. The van der Waals surface area contributed by atoms with Crippen molar-refractivity contribution in [3.63, 3.8) is 0 Å². The van der Waals surface area contributed by atoms with E-state index >= 15 is 0 Å². The molecule has 0 bridgehead atoms. The SMILES string of the molecule is C=C(OC)c1ccc(-c2ccccc2C)c(OCC2CC2)c1.CC(=N)c1ccc(C=O)c(F)c1. The van der Waals surface area contributed by atoms with Crippen molar-refractivity contribution in [3.8, 4) is 16.9 Å². The van der Waals surface area contributed by atoms with Crippen molar-refractivity contribution in [2.75, 3.05) is 13.7 Å². The molecule has 1 fully saturated rings. The molecular weight excluding hydrogens is 429 g/mol. The Bertz CT molecular complexity index is 1200. The molecule has 0 aliphatic heterocycles. The fraction of sp³-hybridized carbons (Fsp3) is 0.241. The van der Waals surface area contributed by atoms with Gasteiger partial charge < -0.3 is 14.9 Å². The second-order valence-corrected chi connectivity index (χ2v) is 8.39. The first kappa shape index (κ1) is 24.9. The van der Waals surface area contributed by atoms with Crippen LogP contribution in [0.5, 0.6) is 5.75 Å². The van der Waals surface area contributed by atoms with E-state index in [2.05, 4.69) is 43.8 Å². The minimum Gasteiger partial charge on any atom is -0.497 e. The number of nitrogens with one attached hydrogen (secondary N) is 1. The number of aldehydes is 1. The van der Waals surface area contributed by atoms with Crippen LogP contribution in [-0.4, -0.2) is 25.7 Å². The van der Waals surface area contributed by atoms with Gasteiger partial charge in [-0.15, -0.1) is 0 Å². The molecule has 4 rings (SSSR count). The molecule has 34 heavy (non-hydrogen) atoms. The van der Waals surface area contributed by atoms with E-state index in [0.717, 1.165) is 29.4 Å². The number of methoxy groups -OCH3 is 1. The summed E-state index contributed by atoms with van der Waals surface area (Å²) in [5, 5.41) is 7.20. The molecule has 0 saturated heterocycles. The van der Waals surface area contributed by atoms with Gasteiger partial charge in [0.2, 0.25) is 0 Å². The third-order valence-electron chi connectivity index (χ3n) is 5.72. The number of carbonyl (C=O) groups excluding carboxylic acids is 1. The van der Waals surface area contributed by atoms with Crippen molar-refractivity contribution in [2.45, 2.75) is 26.7 Å². The third-order valence-corrected chi connectivity index (χ3v) is 5.72. The quantitative estimate of drug-likeness (QED) is 0.222. The van der Waals surface area contributed by atoms with E-state index in [1.807, 2.05) is 12.1 Å². The highest BCUT2D eigenvalue weighted by molar-refractivity contribution is 5.96. The molecule has 3 aromatic carbocycles. The van der Waals surface area contributed by atoms with Crippen molar-refractivity contribution >= 4 is 17.8 Å². The van der Waals surface area contributed by atoms with E-state index in [4.69, 9.17) is 14.9 Å². The molecule has 176 valence electrons. The summed E-state index contributed by atoms with van der Waals surface area (Å²) in [6, 6.07) is 18.7. The van der Waals surface area contributed by atoms with E-state index < -0.39 is 5.82 Å². The minimum atomic E-state index is -0.575. The molecule has 0 radical (unpaired) electrons. The van der Waals surface area contributed by atoms with Gasteiger partial charge in [-0.2, -0.15) is 0 Å². The second-order valence-electron chi connectivity index (χ2n) is 8.39. The zero-order chi connectivity index (χ0) is 24.7. The molecule has 3 aromatic rings. The molecule has 0 amide bonds. The van der Waals surface area contributed by atoms with Crippen molar-refractivity contribution in [3.05, 3.63) is 95.3 Å². The van der Waals surface area contributed by atoms with E-state index in [9.17, 15) is 9.18 Å². The Hall–Kier alpha value is -3.73. The lowest BCUT2D eigenvalue weighted by Gasteiger charge is -2.15. The largest absolute Gasteiger partial charge is 0.497 e. The monoisotopic (exact) mass is 459 g/mol. The van der Waals surface area contributed by atoms with Crippen molar-refractivity contribution in [1.29, 1.82) is 5.41 Å². The van der Waals surface area contributed by atoms with Crippen LogP contribution < -0.4 is 4.74 Å². The Labute approximate surface area is 200 Å². The van der Waals surface area contributed by atoms with E-state index in [-0.39, 0.29) is 11.3 Å². The lowest BCUT2D eigenvalue weighted by atomic mass is 9.98. The molecular formula is C29H30FNO3. The lowest BCUT2D eigenvalue weighted by molar-refractivity contribution is 0.112. The van der Waals surface area contributed by atoms with Crippen LogP contribution in [0.2, 0.25) is 0 Å². The molecule has 0 aromatic heterocycles. The Kier molecular flexibility index (Phi) is 8.36. The highest BCUT2D eigenvalue weighted by Crippen LogP contribution is 2.36. The van der Waals surface area contributed by atoms with Gasteiger partial charge in [-0.05, 0) is 73.6 Å². The predicted molar refractivity (Wildman–Crippen MR) is 135 cm³/mol. The normalized spacial score (nSPS) is 12.2. The van der Waals surface area contributed by atoms with Gasteiger partial charge in [0.05, 0.1) is 19.3 Å². The fourth-order valence-corrected chi connectivity index (χ4v) is 3.38. The average molecular weight is 460 g/mol. The molecule has 0 unspecified atom stereocenters. The van der Waals surface area contributed by atoms with Crippen LogP contribution in [0.4, 0.5) is 4.39 Å². The van der Waals surface area contributed by atoms with Gasteiger partial charge in [0.15, 0.2) is 6.29 Å². The lowest BCUT2D eigenvalue weighted by Crippen LogP contribution is -2.01. The second kappa shape index (κ2) is 11.4. The van der Waals surface area contributed by atoms with Crippen LogP contribution in [0.25, 0.3) is 16.9 Å². The van der Waals surface area contributed by atoms with Gasteiger partial charge in [-0.3, -0.25) is 4.79 Å². The first-order valence-corrected chi connectivity index (χ1v) is 11.2. The highest BCUT2D eigenvalue weighted by Gasteiger charge is 2.23. The van der Waals surface area contributed by atoms with Gasteiger partial charge in [0.25, 0.3) is 0 Å². The molecule has 0 spiro atoms. The Morgan fingerprint density at radius 1 is 1.09 bits per heavy atom. The number of ether oxygens (including phenoxy) is 2. The van der Waals surface area contributed by atoms with Crippen LogP contribution in [0, 0.1) is 24.1 Å². The van der Waals surface area contributed by atoms with Crippen LogP contribution >= 0.6 is 0 Å². The van der Waals surface area contributed by atoms with Gasteiger partial charge in [0, 0.05) is 16.8 Å². The summed E-state index contributed by atoms with van der Waals surface area (Å²) in [5.74, 6) is 1.72. The summed E-state index contributed by atoms with van der Waals surface area (Å²) in [7, 11) is 1.64. The standard InChI is InChI=1S/C20H22O2.C9H8FNO/c1-14-6-4-5-7-18(14)19-11-10-17(15(2)21-3)12-20(19)22-13-16-8-9-16;1-6(11)7-2-3-8(5-12)9(10)4-7/h4-7,10-12,16H,2,8-9,13H2,1,3H3;2-5,11H,1H3. The summed E-state index contributed by atoms with van der Waals surface area (Å²) >= 11 is 0. The zero-order valence-electron chi connectivity index (χ0n) is 19.9. The van der Waals surface area contributed by atoms with Crippen LogP contribution in [-0.2, 0) is 4.74 Å². The van der Waals surface area contributed by atoms with Crippen LogP contribution in [0.15, 0.2) is 67.2 Å². The third kappa shape index (κ3) is 6.41. The van der Waals surface area contributed by atoms with Crippen molar-refractivity contribution in [1.82, 2.24) is 0 Å². The fourth-order valence-electron chi connectivity index (χ4n) is 3.38. The topological polar surface area (TPSA) is 59.4 Å². The highest BCUT2D eigenvalue weighted by atomic mass is 19.1. The molecule has 1 aliphatic carbocycles. The minimum absolute atomic E-state index is 0.0278. The van der Waals surface area contributed by atoms with Crippen molar-refractivity contribution < 1.29 is 18.7 Å². The maximum absolute atomic E-state index is 12.9. The van der Waals surface area contributed by atoms with Crippen LogP contribution in [0.3, 0.4) is 0 Å². The van der Waals surface area contributed by atoms with Gasteiger partial charge in [0.1, 0.15) is 17.3 Å². The van der Waals surface area contributed by atoms with E-state index in [0.29, 0.717) is 17.6 Å². The first-order valence-electron chi connectivity index (χ1n) is 11.2. The number of aryl methyl sites for hydroxylation is 1. The number of rotatable bonds is 8. The maximum Gasteiger partial charge on any atom is 0.152 e. The molecule has 0 atom stereocenters. The number of carbonyl (C=O) groups is 1. The Morgan fingerprint density at radius 2 is 1.79 bits per heavy atom. The molecule has 5 heteroatoms. The number of hydrogen-bond donors (Lipinski definition) is 1. The first-order chi connectivity index (χ1) is 16.3. The zero-order valence-corrected chi connectivity index (χ0v) is 19.9. The number of halogens is 1. The predicted octanol–water partition coefficient (Wildman–Crippen LogP) is 7.09. The average Bonchev–Trinajstić information content (AvgIpc) is 3.67. The summed E-state index contributed by atoms with van der Waals surface area (Å²) in [5.41, 5.74) is 5.36. The maximum atomic E-state index is 12.9. The van der Waals surface area contributed by atoms with E-state index in [1.165, 1.54) is 36.1 Å². The van der Waals surface area contributed by atoms with Crippen molar-refractivity contribution in [2.24, 2.45) is 5.92 Å². The summed E-state index contributed by atoms with van der Waals surface area (Å²) in [6.07, 6.45) is 3.02. The van der Waals surface area contributed by atoms with E-state index in [1.54, 1.807) is 20.1 Å². The smallest absolute Gasteiger partial charge is 0.152 e. The molecule has 1 saturated carbocycles. The molecule has 0 heterocycles. The van der Waals surface area contributed by atoms with Gasteiger partial charge in [-0.1, -0.05) is 43.0 Å². The summed E-state index contributed by atoms with van der Waals surface area (Å²) in [4.78, 5) is 10.2. The summed E-state index contributed by atoms with van der Waals surface area (Å²) < 4.78 is 24.2. The number of benzene rings is 3. The Balaban J connectivity index is 0.000000229. The summed E-state index contributed by atoms with van der Waals surface area (Å²) in [6.45, 7) is 8.42. The van der Waals surface area contributed by atoms with Gasteiger partial charge in [-0.25, -0.2) is 4.39 Å². The molecule has 4 nitrogen and oxygen atoms in total. The Morgan fingerprint density at radius 3 is 2.38 bits per heavy atom. The van der Waals surface area contributed by atoms with Gasteiger partial charge >= 0.3 is 0 Å².